The highest BCUT2D eigenvalue weighted by Gasteiger charge is 2.66. The third kappa shape index (κ3) is 3.94. The Morgan fingerprint density at radius 3 is 2.58 bits per heavy atom. The van der Waals surface area contributed by atoms with Crippen molar-refractivity contribution in [3.8, 4) is 0 Å². The summed E-state index contributed by atoms with van der Waals surface area (Å²) in [5.74, 6) is -0.569. The molecule has 1 spiro atoms. The second-order valence-electron chi connectivity index (χ2n) is 10.9. The SMILES string of the molecule is C[C@@H]1[C@@H]([Si](C)(C)O)[C@H](CC(=O)N2Cc3ccccc3C[C@H]2CO)O[C@@]12C(=O)N(C)c1ccc(I)cc12. The Bertz CT molecular complexity index is 1220. The zero-order valence-electron chi connectivity index (χ0n) is 21.1. The summed E-state index contributed by atoms with van der Waals surface area (Å²) in [6.45, 7) is 6.02. The van der Waals surface area contributed by atoms with E-state index in [1.165, 1.54) is 0 Å². The van der Waals surface area contributed by atoms with E-state index in [2.05, 4.69) is 22.6 Å². The molecule has 0 aliphatic carbocycles. The molecule has 1 fully saturated rings. The molecule has 5 rings (SSSR count). The lowest BCUT2D eigenvalue weighted by atomic mass is 9.82. The summed E-state index contributed by atoms with van der Waals surface area (Å²) in [6.07, 6.45) is 0.0583. The number of nitrogens with zero attached hydrogens (tertiary/aromatic N) is 2. The maximum atomic E-state index is 13.8. The topological polar surface area (TPSA) is 90.3 Å². The number of likely N-dealkylation sites (N-methyl/N-ethyl adjacent to an activating group) is 1. The standard InChI is InChI=1S/C27H33IN2O5Si/c1-16-25(36(3,4)34)23(35-27(16)21-12-19(28)9-10-22(21)29(2)26(27)33)13-24(32)30-14-18-8-6-5-7-17(18)11-20(30)15-31/h5-10,12,16,20,23,25,31,34H,11,13-15H2,1-4H3/t16-,20+,23+,25-,27+/m1/s1. The second-order valence-corrected chi connectivity index (χ2v) is 16.1. The summed E-state index contributed by atoms with van der Waals surface area (Å²) in [6, 6.07) is 13.6. The van der Waals surface area contributed by atoms with Crippen molar-refractivity contribution in [2.75, 3.05) is 18.6 Å². The number of rotatable bonds is 4. The summed E-state index contributed by atoms with van der Waals surface area (Å²) in [4.78, 5) is 42.2. The van der Waals surface area contributed by atoms with Crippen LogP contribution in [0.15, 0.2) is 42.5 Å². The van der Waals surface area contributed by atoms with E-state index < -0.39 is 20.0 Å². The highest BCUT2D eigenvalue weighted by atomic mass is 127. The van der Waals surface area contributed by atoms with E-state index in [1.807, 2.05) is 62.5 Å². The number of benzene rings is 2. The van der Waals surface area contributed by atoms with Crippen molar-refractivity contribution in [3.05, 3.63) is 62.7 Å². The van der Waals surface area contributed by atoms with Crippen molar-refractivity contribution >= 4 is 48.4 Å². The molecule has 36 heavy (non-hydrogen) atoms. The van der Waals surface area contributed by atoms with Gasteiger partial charge in [0, 0.05) is 34.2 Å². The lowest BCUT2D eigenvalue weighted by molar-refractivity contribution is -0.150. The molecule has 5 atom stereocenters. The van der Waals surface area contributed by atoms with Crippen LogP contribution in [0.25, 0.3) is 0 Å². The molecular weight excluding hydrogens is 587 g/mol. The van der Waals surface area contributed by atoms with E-state index >= 15 is 0 Å². The van der Waals surface area contributed by atoms with E-state index in [1.54, 1.807) is 16.8 Å². The average molecular weight is 621 g/mol. The fourth-order valence-electron chi connectivity index (χ4n) is 6.69. The number of aliphatic hydroxyl groups is 1. The Kier molecular flexibility index (Phi) is 6.60. The van der Waals surface area contributed by atoms with Gasteiger partial charge < -0.3 is 24.4 Å². The largest absolute Gasteiger partial charge is 0.432 e. The van der Waals surface area contributed by atoms with Crippen molar-refractivity contribution in [2.24, 2.45) is 5.92 Å². The number of ether oxygens (including phenoxy) is 1. The average Bonchev–Trinajstić information content (AvgIpc) is 3.24. The Hall–Kier alpha value is -1.79. The van der Waals surface area contributed by atoms with Gasteiger partial charge in [-0.05, 0) is 71.4 Å². The molecule has 9 heteroatoms. The molecule has 0 unspecified atom stereocenters. The van der Waals surface area contributed by atoms with Crippen LogP contribution in [0.1, 0.15) is 30.0 Å². The number of amides is 2. The van der Waals surface area contributed by atoms with E-state index in [0.717, 1.165) is 25.9 Å². The normalized spacial score (nSPS) is 29.6. The van der Waals surface area contributed by atoms with Crippen molar-refractivity contribution < 1.29 is 24.2 Å². The minimum absolute atomic E-state index is 0.0582. The van der Waals surface area contributed by atoms with Crippen LogP contribution < -0.4 is 4.90 Å². The monoisotopic (exact) mass is 620 g/mol. The molecule has 0 saturated carbocycles. The molecule has 3 heterocycles. The van der Waals surface area contributed by atoms with Crippen LogP contribution in [0.3, 0.4) is 0 Å². The predicted octanol–water partition coefficient (Wildman–Crippen LogP) is 3.40. The molecule has 2 N–H and O–H groups in total. The summed E-state index contributed by atoms with van der Waals surface area (Å²) in [5, 5.41) is 10.1. The smallest absolute Gasteiger partial charge is 0.264 e. The lowest BCUT2D eigenvalue weighted by Gasteiger charge is -2.37. The highest BCUT2D eigenvalue weighted by molar-refractivity contribution is 14.1. The van der Waals surface area contributed by atoms with Gasteiger partial charge in [-0.15, -0.1) is 0 Å². The maximum absolute atomic E-state index is 13.8. The molecule has 3 aliphatic rings. The summed E-state index contributed by atoms with van der Waals surface area (Å²) in [7, 11) is -1.09. The van der Waals surface area contributed by atoms with Crippen LogP contribution in [-0.4, -0.2) is 60.7 Å². The first-order chi connectivity index (χ1) is 17.0. The predicted molar refractivity (Wildman–Crippen MR) is 148 cm³/mol. The molecule has 0 bridgehead atoms. The molecule has 1 saturated heterocycles. The molecule has 2 aromatic rings. The van der Waals surface area contributed by atoms with Crippen molar-refractivity contribution in [2.45, 2.75) is 62.7 Å². The van der Waals surface area contributed by atoms with Crippen molar-refractivity contribution in [1.29, 1.82) is 0 Å². The summed E-state index contributed by atoms with van der Waals surface area (Å²) in [5.41, 5.74) is 2.32. The molecule has 0 aromatic heterocycles. The fourth-order valence-corrected chi connectivity index (χ4v) is 9.73. The van der Waals surface area contributed by atoms with E-state index in [9.17, 15) is 19.5 Å². The number of anilines is 1. The van der Waals surface area contributed by atoms with Gasteiger partial charge in [0.25, 0.3) is 5.91 Å². The van der Waals surface area contributed by atoms with Crippen LogP contribution in [0, 0.1) is 9.49 Å². The number of hydrogen-bond acceptors (Lipinski definition) is 5. The van der Waals surface area contributed by atoms with E-state index in [-0.39, 0.29) is 42.3 Å². The lowest BCUT2D eigenvalue weighted by Crippen LogP contribution is -2.48. The number of aliphatic hydroxyl groups excluding tert-OH is 1. The zero-order chi connectivity index (χ0) is 26.0. The first-order valence-electron chi connectivity index (χ1n) is 12.4. The van der Waals surface area contributed by atoms with Crippen molar-refractivity contribution in [3.63, 3.8) is 0 Å². The second kappa shape index (κ2) is 9.19. The Morgan fingerprint density at radius 2 is 1.92 bits per heavy atom. The Labute approximate surface area is 226 Å². The number of carbonyl (C=O) groups is 2. The molecule has 7 nitrogen and oxygen atoms in total. The quantitative estimate of drug-likeness (QED) is 0.404. The summed E-state index contributed by atoms with van der Waals surface area (Å²) < 4.78 is 7.69. The van der Waals surface area contributed by atoms with Gasteiger partial charge in [-0.2, -0.15) is 0 Å². The van der Waals surface area contributed by atoms with Gasteiger partial charge >= 0.3 is 0 Å². The maximum Gasteiger partial charge on any atom is 0.264 e. The number of halogens is 1. The molecule has 192 valence electrons. The third-order valence-electron chi connectivity index (χ3n) is 8.34. The van der Waals surface area contributed by atoms with E-state index in [4.69, 9.17) is 4.74 Å². The van der Waals surface area contributed by atoms with Gasteiger partial charge in [0.1, 0.15) is 0 Å². The van der Waals surface area contributed by atoms with Gasteiger partial charge in [0.05, 0.1) is 30.9 Å². The molecule has 2 amide bonds. The van der Waals surface area contributed by atoms with Crippen LogP contribution in [0.2, 0.25) is 18.6 Å². The Balaban J connectivity index is 1.49. The third-order valence-corrected chi connectivity index (χ3v) is 11.5. The van der Waals surface area contributed by atoms with Crippen LogP contribution >= 0.6 is 22.6 Å². The minimum Gasteiger partial charge on any atom is -0.432 e. The fraction of sp³-hybridized carbons (Fsp3) is 0.481. The molecule has 3 aliphatic heterocycles. The van der Waals surface area contributed by atoms with Gasteiger partial charge in [-0.1, -0.05) is 31.2 Å². The number of fused-ring (bicyclic) bond motifs is 3. The first-order valence-corrected chi connectivity index (χ1v) is 16.5. The minimum atomic E-state index is -2.85. The number of hydrogen-bond donors (Lipinski definition) is 2. The Morgan fingerprint density at radius 1 is 1.22 bits per heavy atom. The zero-order valence-corrected chi connectivity index (χ0v) is 24.2. The van der Waals surface area contributed by atoms with Crippen LogP contribution in [0.5, 0.6) is 0 Å². The highest BCUT2D eigenvalue weighted by Crippen LogP contribution is 2.59. The molecule has 2 aromatic carbocycles. The number of carbonyl (C=O) groups excluding carboxylic acids is 2. The van der Waals surface area contributed by atoms with Crippen LogP contribution in [-0.2, 0) is 32.9 Å². The van der Waals surface area contributed by atoms with Gasteiger partial charge in [0.2, 0.25) is 5.91 Å². The van der Waals surface area contributed by atoms with Crippen molar-refractivity contribution in [1.82, 2.24) is 4.90 Å². The van der Waals surface area contributed by atoms with Gasteiger partial charge in [-0.25, -0.2) is 0 Å². The first kappa shape index (κ1) is 25.8. The van der Waals surface area contributed by atoms with Gasteiger partial charge in [-0.3, -0.25) is 9.59 Å². The summed E-state index contributed by atoms with van der Waals surface area (Å²) >= 11 is 2.24. The van der Waals surface area contributed by atoms with E-state index in [0.29, 0.717) is 13.0 Å². The van der Waals surface area contributed by atoms with Gasteiger partial charge in [0.15, 0.2) is 13.9 Å². The molecular formula is C27H33IN2O5Si. The molecule has 0 radical (unpaired) electrons. The van der Waals surface area contributed by atoms with Crippen LogP contribution in [0.4, 0.5) is 5.69 Å².